The van der Waals surface area contributed by atoms with Crippen molar-refractivity contribution in [1.82, 2.24) is 4.98 Å². The van der Waals surface area contributed by atoms with E-state index in [1.54, 1.807) is 24.5 Å². The van der Waals surface area contributed by atoms with E-state index in [0.717, 1.165) is 18.5 Å². The second-order valence-electron chi connectivity index (χ2n) is 4.49. The van der Waals surface area contributed by atoms with Crippen LogP contribution in [-0.4, -0.2) is 10.9 Å². The van der Waals surface area contributed by atoms with Crippen LogP contribution in [0.1, 0.15) is 27.9 Å². The molecule has 0 bridgehead atoms. The molecule has 1 amide bonds. The molecule has 1 aliphatic carbocycles. The molecule has 0 fully saturated rings. The number of nitrogens with zero attached hydrogens (tertiary/aromatic N) is 1. The molecule has 3 heteroatoms. The van der Waals surface area contributed by atoms with Crippen molar-refractivity contribution in [3.05, 3.63) is 59.4 Å². The number of hydrogen-bond acceptors (Lipinski definition) is 2. The monoisotopic (exact) mass is 238 g/mol. The summed E-state index contributed by atoms with van der Waals surface area (Å²) in [6, 6.07) is 9.65. The van der Waals surface area contributed by atoms with Crippen molar-refractivity contribution in [1.29, 1.82) is 0 Å². The molecule has 2 aromatic rings. The highest BCUT2D eigenvalue weighted by Gasteiger charge is 2.16. The Hall–Kier alpha value is -2.16. The van der Waals surface area contributed by atoms with Crippen LogP contribution in [0.4, 0.5) is 5.69 Å². The Labute approximate surface area is 106 Å². The first kappa shape index (κ1) is 11.0. The Balaban J connectivity index is 1.86. The van der Waals surface area contributed by atoms with Gasteiger partial charge in [-0.2, -0.15) is 0 Å². The summed E-state index contributed by atoms with van der Waals surface area (Å²) in [5.41, 5.74) is 4.18. The number of benzene rings is 1. The summed E-state index contributed by atoms with van der Waals surface area (Å²) in [5, 5.41) is 2.98. The van der Waals surface area contributed by atoms with E-state index >= 15 is 0 Å². The lowest BCUT2D eigenvalue weighted by Crippen LogP contribution is -2.13. The van der Waals surface area contributed by atoms with Crippen molar-refractivity contribution in [3.63, 3.8) is 0 Å². The van der Waals surface area contributed by atoms with E-state index in [0.29, 0.717) is 5.56 Å². The average molecular weight is 238 g/mol. The van der Waals surface area contributed by atoms with Crippen LogP contribution in [0.25, 0.3) is 0 Å². The fourth-order valence-corrected chi connectivity index (χ4v) is 2.43. The Kier molecular flexibility index (Phi) is 2.81. The van der Waals surface area contributed by atoms with E-state index in [4.69, 9.17) is 0 Å². The van der Waals surface area contributed by atoms with Gasteiger partial charge in [0.2, 0.25) is 0 Å². The van der Waals surface area contributed by atoms with Crippen LogP contribution in [0.15, 0.2) is 42.7 Å². The van der Waals surface area contributed by atoms with E-state index in [-0.39, 0.29) is 5.91 Å². The maximum Gasteiger partial charge on any atom is 0.257 e. The highest BCUT2D eigenvalue weighted by Crippen LogP contribution is 2.28. The zero-order chi connectivity index (χ0) is 12.4. The molecule has 0 saturated heterocycles. The highest BCUT2D eigenvalue weighted by atomic mass is 16.1. The van der Waals surface area contributed by atoms with E-state index < -0.39 is 0 Å². The summed E-state index contributed by atoms with van der Waals surface area (Å²) in [6.45, 7) is 0. The van der Waals surface area contributed by atoms with Gasteiger partial charge in [0.05, 0.1) is 5.56 Å². The van der Waals surface area contributed by atoms with Crippen LogP contribution in [-0.2, 0) is 12.8 Å². The summed E-state index contributed by atoms with van der Waals surface area (Å²) in [6.07, 6.45) is 6.59. The van der Waals surface area contributed by atoms with Crippen LogP contribution in [0, 0.1) is 0 Å². The van der Waals surface area contributed by atoms with Crippen molar-refractivity contribution in [2.45, 2.75) is 19.3 Å². The second-order valence-corrected chi connectivity index (χ2v) is 4.49. The fraction of sp³-hybridized carbons (Fsp3) is 0.200. The molecular weight excluding hydrogens is 224 g/mol. The van der Waals surface area contributed by atoms with Crippen molar-refractivity contribution in [3.8, 4) is 0 Å². The van der Waals surface area contributed by atoms with Crippen LogP contribution in [0.3, 0.4) is 0 Å². The van der Waals surface area contributed by atoms with Crippen molar-refractivity contribution in [2.75, 3.05) is 5.32 Å². The first-order chi connectivity index (χ1) is 8.84. The Morgan fingerprint density at radius 2 is 2.11 bits per heavy atom. The minimum Gasteiger partial charge on any atom is -0.322 e. The van der Waals surface area contributed by atoms with Gasteiger partial charge in [0.15, 0.2) is 0 Å². The summed E-state index contributed by atoms with van der Waals surface area (Å²) < 4.78 is 0. The van der Waals surface area contributed by atoms with Crippen molar-refractivity contribution in [2.24, 2.45) is 0 Å². The molecule has 0 atom stereocenters. The molecule has 0 unspecified atom stereocenters. The van der Waals surface area contributed by atoms with Crippen LogP contribution in [0.2, 0.25) is 0 Å². The zero-order valence-corrected chi connectivity index (χ0v) is 10.0. The molecule has 1 aromatic heterocycles. The third kappa shape index (κ3) is 1.99. The van der Waals surface area contributed by atoms with Gasteiger partial charge in [-0.1, -0.05) is 12.1 Å². The smallest absolute Gasteiger partial charge is 0.257 e. The predicted molar refractivity (Wildman–Crippen MR) is 70.7 cm³/mol. The van der Waals surface area contributed by atoms with Crippen molar-refractivity contribution < 1.29 is 4.79 Å². The molecule has 0 aliphatic heterocycles. The van der Waals surface area contributed by atoms with Crippen LogP contribution in [0.5, 0.6) is 0 Å². The summed E-state index contributed by atoms with van der Waals surface area (Å²) in [5.74, 6) is -0.0941. The normalized spacial score (nSPS) is 13.1. The number of fused-ring (bicyclic) bond motifs is 1. The minimum absolute atomic E-state index is 0.0941. The Bertz CT molecular complexity index is 578. The van der Waals surface area contributed by atoms with Crippen LogP contribution >= 0.6 is 0 Å². The van der Waals surface area contributed by atoms with Crippen molar-refractivity contribution >= 4 is 11.6 Å². The number of anilines is 1. The Morgan fingerprint density at radius 3 is 2.94 bits per heavy atom. The Morgan fingerprint density at radius 1 is 1.17 bits per heavy atom. The van der Waals surface area contributed by atoms with Gasteiger partial charge in [-0.15, -0.1) is 0 Å². The first-order valence-corrected chi connectivity index (χ1v) is 6.17. The largest absolute Gasteiger partial charge is 0.322 e. The van der Waals surface area contributed by atoms with Gasteiger partial charge in [0.25, 0.3) is 5.91 Å². The summed E-state index contributed by atoms with van der Waals surface area (Å²) in [7, 11) is 0. The van der Waals surface area contributed by atoms with Gasteiger partial charge in [0, 0.05) is 18.1 Å². The lowest BCUT2D eigenvalue weighted by Gasteiger charge is -2.09. The number of rotatable bonds is 2. The molecule has 1 N–H and O–H groups in total. The van der Waals surface area contributed by atoms with Gasteiger partial charge in [-0.25, -0.2) is 0 Å². The molecular formula is C15H14N2O. The minimum atomic E-state index is -0.0941. The standard InChI is InChI=1S/C15H14N2O/c18-15(12-6-3-9-16-10-12)17-14-8-2-5-11-4-1-7-13(11)14/h2-3,5-6,8-10H,1,4,7H2,(H,17,18). The lowest BCUT2D eigenvalue weighted by molar-refractivity contribution is 0.102. The summed E-state index contributed by atoms with van der Waals surface area (Å²) in [4.78, 5) is 16.0. The molecule has 1 aliphatic rings. The second kappa shape index (κ2) is 4.61. The number of nitrogens with one attached hydrogen (secondary N) is 1. The van der Waals surface area contributed by atoms with Gasteiger partial charge in [-0.3, -0.25) is 9.78 Å². The summed E-state index contributed by atoms with van der Waals surface area (Å²) >= 11 is 0. The molecule has 90 valence electrons. The topological polar surface area (TPSA) is 42.0 Å². The molecule has 1 heterocycles. The number of amides is 1. The van der Waals surface area contributed by atoms with E-state index in [1.807, 2.05) is 12.1 Å². The predicted octanol–water partition coefficient (Wildman–Crippen LogP) is 2.82. The number of carbonyl (C=O) groups excluding carboxylic acids is 1. The number of hydrogen-bond donors (Lipinski definition) is 1. The number of aromatic nitrogens is 1. The van der Waals surface area contributed by atoms with E-state index in [1.165, 1.54) is 17.5 Å². The maximum absolute atomic E-state index is 12.1. The molecule has 3 nitrogen and oxygen atoms in total. The van der Waals surface area contributed by atoms with Crippen LogP contribution < -0.4 is 5.32 Å². The molecule has 0 spiro atoms. The molecule has 0 saturated carbocycles. The number of aryl methyl sites for hydroxylation is 1. The van der Waals surface area contributed by atoms with Gasteiger partial charge < -0.3 is 5.32 Å². The van der Waals surface area contributed by atoms with E-state index in [9.17, 15) is 4.79 Å². The third-order valence-electron chi connectivity index (χ3n) is 3.32. The zero-order valence-electron chi connectivity index (χ0n) is 10.0. The first-order valence-electron chi connectivity index (χ1n) is 6.17. The molecule has 0 radical (unpaired) electrons. The highest BCUT2D eigenvalue weighted by molar-refractivity contribution is 6.04. The molecule has 3 rings (SSSR count). The van der Waals surface area contributed by atoms with Gasteiger partial charge in [-0.05, 0) is 48.6 Å². The average Bonchev–Trinajstić information content (AvgIpc) is 2.89. The maximum atomic E-state index is 12.1. The third-order valence-corrected chi connectivity index (χ3v) is 3.32. The van der Waals surface area contributed by atoms with Gasteiger partial charge >= 0.3 is 0 Å². The van der Waals surface area contributed by atoms with E-state index in [2.05, 4.69) is 16.4 Å². The quantitative estimate of drug-likeness (QED) is 0.874. The molecule has 18 heavy (non-hydrogen) atoms. The van der Waals surface area contributed by atoms with Gasteiger partial charge in [0.1, 0.15) is 0 Å². The fourth-order valence-electron chi connectivity index (χ4n) is 2.43. The lowest BCUT2D eigenvalue weighted by atomic mass is 10.1. The SMILES string of the molecule is O=C(Nc1cccc2c1CCC2)c1cccnc1. The molecule has 1 aromatic carbocycles. The number of carbonyl (C=O) groups is 1. The number of pyridine rings is 1.